The van der Waals surface area contributed by atoms with Crippen LogP contribution in [-0.4, -0.2) is 19.3 Å². The number of rotatable bonds is 7. The van der Waals surface area contributed by atoms with E-state index in [0.29, 0.717) is 23.7 Å². The maximum atomic E-state index is 13.1. The smallest absolute Gasteiger partial charge is 0.245 e. The monoisotopic (exact) mass is 415 g/mol. The highest BCUT2D eigenvalue weighted by Crippen LogP contribution is 2.29. The van der Waals surface area contributed by atoms with Gasteiger partial charge in [-0.05, 0) is 48.2 Å². The Labute approximate surface area is 160 Å². The highest BCUT2D eigenvalue weighted by molar-refractivity contribution is 7.89. The normalized spacial score (nSPS) is 12.0. The van der Waals surface area contributed by atoms with Crippen molar-refractivity contribution in [1.29, 1.82) is 0 Å². The van der Waals surface area contributed by atoms with E-state index in [0.717, 1.165) is 4.88 Å². The Balaban J connectivity index is 1.92. The molecule has 3 rings (SSSR count). The van der Waals surface area contributed by atoms with Crippen LogP contribution in [0.3, 0.4) is 0 Å². The first-order valence-electron chi connectivity index (χ1n) is 7.47. The summed E-state index contributed by atoms with van der Waals surface area (Å²) in [5.41, 5.74) is 0. The summed E-state index contributed by atoms with van der Waals surface area (Å²) in [5, 5.41) is 2.43. The van der Waals surface area contributed by atoms with Gasteiger partial charge in [-0.2, -0.15) is 4.31 Å². The summed E-state index contributed by atoms with van der Waals surface area (Å²) in [6.07, 6.45) is 2.13. The van der Waals surface area contributed by atoms with Crippen molar-refractivity contribution in [2.45, 2.75) is 17.9 Å². The van der Waals surface area contributed by atoms with Gasteiger partial charge >= 0.3 is 0 Å². The van der Waals surface area contributed by atoms with Crippen LogP contribution in [-0.2, 0) is 23.0 Å². The number of furan rings is 1. The number of thiophene rings is 1. The molecule has 0 aliphatic heterocycles. The molecule has 1 aromatic carbocycles. The molecule has 0 aliphatic rings. The zero-order valence-electron chi connectivity index (χ0n) is 13.1. The summed E-state index contributed by atoms with van der Waals surface area (Å²) in [6, 6.07) is 11.8. The highest BCUT2D eigenvalue weighted by Gasteiger charge is 2.28. The molecule has 3 aromatic rings. The molecule has 0 N–H and O–H groups in total. The van der Waals surface area contributed by atoms with Crippen molar-refractivity contribution in [3.05, 3.63) is 74.8 Å². The fraction of sp³-hybridized carbons (Fsp3) is 0.176. The molecule has 0 spiro atoms. The van der Waals surface area contributed by atoms with E-state index >= 15 is 0 Å². The van der Waals surface area contributed by atoms with Gasteiger partial charge in [-0.3, -0.25) is 0 Å². The van der Waals surface area contributed by atoms with Crippen molar-refractivity contribution in [3.8, 4) is 0 Å². The minimum atomic E-state index is -3.82. The average molecular weight is 416 g/mol. The van der Waals surface area contributed by atoms with Gasteiger partial charge in [0.25, 0.3) is 0 Å². The van der Waals surface area contributed by atoms with Crippen LogP contribution in [0.15, 0.2) is 63.4 Å². The average Bonchev–Trinajstić information content (AvgIpc) is 3.26. The topological polar surface area (TPSA) is 50.5 Å². The zero-order valence-corrected chi connectivity index (χ0v) is 16.2. The molecule has 0 fully saturated rings. The fourth-order valence-corrected chi connectivity index (χ4v) is 5.21. The molecule has 2 heterocycles. The van der Waals surface area contributed by atoms with Crippen molar-refractivity contribution in [2.24, 2.45) is 0 Å². The van der Waals surface area contributed by atoms with Crippen molar-refractivity contribution >= 4 is 44.6 Å². The van der Waals surface area contributed by atoms with Crippen molar-refractivity contribution in [3.63, 3.8) is 0 Å². The molecule has 0 amide bonds. The molecule has 4 nitrogen and oxygen atoms in total. The summed E-state index contributed by atoms with van der Waals surface area (Å²) >= 11 is 13.7. The first kappa shape index (κ1) is 18.5. The predicted molar refractivity (Wildman–Crippen MR) is 101 cm³/mol. The number of benzene rings is 1. The van der Waals surface area contributed by atoms with Crippen LogP contribution >= 0.6 is 34.5 Å². The van der Waals surface area contributed by atoms with E-state index in [1.165, 1.54) is 22.7 Å². The maximum absolute atomic E-state index is 13.1. The second kappa shape index (κ2) is 7.93. The van der Waals surface area contributed by atoms with Crippen molar-refractivity contribution < 1.29 is 12.8 Å². The van der Waals surface area contributed by atoms with E-state index < -0.39 is 10.0 Å². The maximum Gasteiger partial charge on any atom is 0.245 e. The predicted octanol–water partition coefficient (Wildman–Crippen LogP) is 5.08. The van der Waals surface area contributed by atoms with Gasteiger partial charge in [0.1, 0.15) is 10.7 Å². The molecule has 132 valence electrons. The third kappa shape index (κ3) is 4.46. The molecule has 2 aromatic heterocycles. The van der Waals surface area contributed by atoms with Crippen LogP contribution in [0.2, 0.25) is 10.0 Å². The Morgan fingerprint density at radius 2 is 1.96 bits per heavy atom. The molecule has 8 heteroatoms. The molecule has 0 saturated carbocycles. The molecular formula is C17H15Cl2NO3S2. The van der Waals surface area contributed by atoms with Crippen LogP contribution in [0.4, 0.5) is 0 Å². The molecule has 0 bridgehead atoms. The van der Waals surface area contributed by atoms with Crippen molar-refractivity contribution in [1.82, 2.24) is 4.31 Å². The molecule has 0 saturated heterocycles. The number of nitrogens with zero attached hydrogens (tertiary/aromatic N) is 1. The SMILES string of the molecule is O=S(=O)(c1cc(Cl)ccc1Cl)N(CCc1cccs1)Cc1ccco1. The highest BCUT2D eigenvalue weighted by atomic mass is 35.5. The van der Waals surface area contributed by atoms with Crippen LogP contribution in [0.25, 0.3) is 0 Å². The third-order valence-corrected chi connectivity index (χ3v) is 7.11. The quantitative estimate of drug-likeness (QED) is 0.540. The van der Waals surface area contributed by atoms with E-state index in [1.54, 1.807) is 29.5 Å². The van der Waals surface area contributed by atoms with E-state index in [1.807, 2.05) is 17.5 Å². The van der Waals surface area contributed by atoms with Gasteiger partial charge < -0.3 is 4.42 Å². The third-order valence-electron chi connectivity index (χ3n) is 3.61. The lowest BCUT2D eigenvalue weighted by Gasteiger charge is -2.22. The molecule has 0 radical (unpaired) electrons. The lowest BCUT2D eigenvalue weighted by Crippen LogP contribution is -2.32. The number of halogens is 2. The van der Waals surface area contributed by atoms with Gasteiger partial charge in [-0.25, -0.2) is 8.42 Å². The molecule has 0 unspecified atom stereocenters. The van der Waals surface area contributed by atoms with Crippen LogP contribution in [0.1, 0.15) is 10.6 Å². The van der Waals surface area contributed by atoms with Gasteiger partial charge in [-0.15, -0.1) is 11.3 Å². The minimum Gasteiger partial charge on any atom is -0.468 e. The summed E-state index contributed by atoms with van der Waals surface area (Å²) < 4.78 is 33.0. The number of sulfonamides is 1. The van der Waals surface area contributed by atoms with Gasteiger partial charge in [0.15, 0.2) is 0 Å². The Hall–Kier alpha value is -1.31. The lowest BCUT2D eigenvalue weighted by molar-refractivity contribution is 0.366. The molecule has 0 atom stereocenters. The second-order valence-corrected chi connectivity index (χ2v) is 9.10. The van der Waals surface area contributed by atoms with Crippen LogP contribution in [0, 0.1) is 0 Å². The van der Waals surface area contributed by atoms with Crippen molar-refractivity contribution in [2.75, 3.05) is 6.54 Å². The summed E-state index contributed by atoms with van der Waals surface area (Å²) in [7, 11) is -3.82. The van der Waals surface area contributed by atoms with E-state index in [-0.39, 0.29) is 16.5 Å². The van der Waals surface area contributed by atoms with E-state index in [2.05, 4.69) is 0 Å². The number of hydrogen-bond donors (Lipinski definition) is 0. The van der Waals surface area contributed by atoms with E-state index in [9.17, 15) is 8.42 Å². The fourth-order valence-electron chi connectivity index (χ4n) is 2.36. The zero-order chi connectivity index (χ0) is 17.9. The Morgan fingerprint density at radius 1 is 1.12 bits per heavy atom. The van der Waals surface area contributed by atoms with Crippen LogP contribution in [0.5, 0.6) is 0 Å². The first-order valence-corrected chi connectivity index (χ1v) is 10.5. The molecular weight excluding hydrogens is 401 g/mol. The minimum absolute atomic E-state index is 0.000553. The number of hydrogen-bond acceptors (Lipinski definition) is 4. The Kier molecular flexibility index (Phi) is 5.86. The lowest BCUT2D eigenvalue weighted by atomic mass is 10.3. The summed E-state index contributed by atoms with van der Waals surface area (Å²) in [6.45, 7) is 0.440. The largest absolute Gasteiger partial charge is 0.468 e. The van der Waals surface area contributed by atoms with Gasteiger partial charge in [-0.1, -0.05) is 29.3 Å². The van der Waals surface area contributed by atoms with Gasteiger partial charge in [0.05, 0.1) is 17.8 Å². The Morgan fingerprint density at radius 3 is 2.64 bits per heavy atom. The van der Waals surface area contributed by atoms with Gasteiger partial charge in [0.2, 0.25) is 10.0 Å². The van der Waals surface area contributed by atoms with E-state index in [4.69, 9.17) is 27.6 Å². The second-order valence-electron chi connectivity index (χ2n) is 5.32. The first-order chi connectivity index (χ1) is 12.0. The summed E-state index contributed by atoms with van der Waals surface area (Å²) in [5.74, 6) is 0.563. The van der Waals surface area contributed by atoms with Crippen LogP contribution < -0.4 is 0 Å². The van der Waals surface area contributed by atoms with Gasteiger partial charge in [0, 0.05) is 16.4 Å². The standard InChI is InChI=1S/C17H15Cl2NO3S2/c18-13-5-6-16(19)17(11-13)25(21,22)20(12-14-3-1-9-23-14)8-7-15-4-2-10-24-15/h1-6,9-11H,7-8,12H2. The summed E-state index contributed by atoms with van der Waals surface area (Å²) in [4.78, 5) is 1.11. The molecule has 0 aliphatic carbocycles. The Bertz CT molecular complexity index is 923. The molecule has 25 heavy (non-hydrogen) atoms.